The van der Waals surface area contributed by atoms with Gasteiger partial charge in [-0.25, -0.2) is 4.98 Å². The summed E-state index contributed by atoms with van der Waals surface area (Å²) < 4.78 is 0. The van der Waals surface area contributed by atoms with Crippen LogP contribution in [0.3, 0.4) is 0 Å². The smallest absolute Gasteiger partial charge is 0.230 e. The SMILES string of the molecule is O=C(Nc1ccccn1)[C@@H]1CNC[C@H]1c1ccccc1. The van der Waals surface area contributed by atoms with E-state index in [1.165, 1.54) is 5.56 Å². The summed E-state index contributed by atoms with van der Waals surface area (Å²) in [5.74, 6) is 0.804. The van der Waals surface area contributed by atoms with Crippen molar-refractivity contribution in [1.29, 1.82) is 0 Å². The fourth-order valence-corrected chi connectivity index (χ4v) is 2.66. The van der Waals surface area contributed by atoms with Gasteiger partial charge < -0.3 is 10.6 Å². The quantitative estimate of drug-likeness (QED) is 0.894. The van der Waals surface area contributed by atoms with E-state index in [1.54, 1.807) is 12.3 Å². The minimum absolute atomic E-state index is 0.0301. The van der Waals surface area contributed by atoms with Crippen LogP contribution in [0.1, 0.15) is 11.5 Å². The molecule has 0 aliphatic carbocycles. The van der Waals surface area contributed by atoms with Crippen molar-refractivity contribution in [3.8, 4) is 0 Å². The average molecular weight is 267 g/mol. The van der Waals surface area contributed by atoms with Crippen LogP contribution >= 0.6 is 0 Å². The zero-order chi connectivity index (χ0) is 13.8. The first-order valence-electron chi connectivity index (χ1n) is 6.82. The minimum atomic E-state index is -0.0561. The summed E-state index contributed by atoms with van der Waals surface area (Å²) in [5.41, 5.74) is 1.21. The van der Waals surface area contributed by atoms with Crippen LogP contribution in [0.15, 0.2) is 54.7 Å². The Kier molecular flexibility index (Phi) is 3.74. The highest BCUT2D eigenvalue weighted by Crippen LogP contribution is 2.28. The Hall–Kier alpha value is -2.20. The number of carbonyl (C=O) groups excluding carboxylic acids is 1. The lowest BCUT2D eigenvalue weighted by Gasteiger charge is -2.18. The normalized spacial score (nSPS) is 21.6. The zero-order valence-electron chi connectivity index (χ0n) is 11.1. The second kappa shape index (κ2) is 5.84. The highest BCUT2D eigenvalue weighted by molar-refractivity contribution is 5.92. The Bertz CT molecular complexity index is 571. The third-order valence-electron chi connectivity index (χ3n) is 3.69. The lowest BCUT2D eigenvalue weighted by atomic mass is 9.88. The Labute approximate surface area is 118 Å². The molecule has 102 valence electrons. The maximum absolute atomic E-state index is 12.4. The topological polar surface area (TPSA) is 54.0 Å². The van der Waals surface area contributed by atoms with Crippen molar-refractivity contribution in [3.63, 3.8) is 0 Å². The molecule has 1 aromatic carbocycles. The summed E-state index contributed by atoms with van der Waals surface area (Å²) in [5, 5.41) is 6.20. The van der Waals surface area contributed by atoms with E-state index < -0.39 is 0 Å². The third-order valence-corrected chi connectivity index (χ3v) is 3.69. The minimum Gasteiger partial charge on any atom is -0.315 e. The number of anilines is 1. The molecule has 20 heavy (non-hydrogen) atoms. The molecule has 3 rings (SSSR count). The first-order chi connectivity index (χ1) is 9.84. The van der Waals surface area contributed by atoms with Gasteiger partial charge in [0.1, 0.15) is 5.82 Å². The van der Waals surface area contributed by atoms with E-state index in [0.717, 1.165) is 6.54 Å². The van der Waals surface area contributed by atoms with E-state index in [9.17, 15) is 4.79 Å². The number of aromatic nitrogens is 1. The summed E-state index contributed by atoms with van der Waals surface area (Å²) in [6, 6.07) is 15.7. The standard InChI is InChI=1S/C16H17N3O/c20-16(19-15-8-4-5-9-18-15)14-11-17-10-13(14)12-6-2-1-3-7-12/h1-9,13-14,17H,10-11H2,(H,18,19,20)/t13-,14+/m0/s1. The highest BCUT2D eigenvalue weighted by atomic mass is 16.2. The number of hydrogen-bond donors (Lipinski definition) is 2. The highest BCUT2D eigenvalue weighted by Gasteiger charge is 2.33. The second-order valence-corrected chi connectivity index (χ2v) is 4.99. The predicted molar refractivity (Wildman–Crippen MR) is 78.4 cm³/mol. The Morgan fingerprint density at radius 1 is 1.10 bits per heavy atom. The molecule has 0 spiro atoms. The van der Waals surface area contributed by atoms with Gasteiger partial charge in [0, 0.05) is 25.2 Å². The van der Waals surface area contributed by atoms with E-state index in [1.807, 2.05) is 30.3 Å². The summed E-state index contributed by atoms with van der Waals surface area (Å²) in [6.07, 6.45) is 1.68. The van der Waals surface area contributed by atoms with Crippen molar-refractivity contribution in [3.05, 3.63) is 60.3 Å². The zero-order valence-corrected chi connectivity index (χ0v) is 11.1. The largest absolute Gasteiger partial charge is 0.315 e. The molecule has 0 bridgehead atoms. The van der Waals surface area contributed by atoms with Gasteiger partial charge in [-0.3, -0.25) is 4.79 Å². The van der Waals surface area contributed by atoms with Crippen molar-refractivity contribution in [1.82, 2.24) is 10.3 Å². The molecule has 1 amide bonds. The molecule has 0 radical (unpaired) electrons. The summed E-state index contributed by atoms with van der Waals surface area (Å²) in [4.78, 5) is 16.5. The van der Waals surface area contributed by atoms with Crippen LogP contribution in [-0.2, 0) is 4.79 Å². The van der Waals surface area contributed by atoms with Gasteiger partial charge in [0.2, 0.25) is 5.91 Å². The first kappa shape index (κ1) is 12.8. The summed E-state index contributed by atoms with van der Waals surface area (Å²) in [7, 11) is 0. The molecule has 4 nitrogen and oxygen atoms in total. The van der Waals surface area contributed by atoms with Gasteiger partial charge in [0.25, 0.3) is 0 Å². The van der Waals surface area contributed by atoms with Crippen LogP contribution in [0.5, 0.6) is 0 Å². The van der Waals surface area contributed by atoms with Crippen LogP contribution < -0.4 is 10.6 Å². The van der Waals surface area contributed by atoms with Gasteiger partial charge in [-0.1, -0.05) is 36.4 Å². The Balaban J connectivity index is 1.74. The Morgan fingerprint density at radius 3 is 2.65 bits per heavy atom. The lowest BCUT2D eigenvalue weighted by molar-refractivity contribution is -0.119. The van der Waals surface area contributed by atoms with Gasteiger partial charge in [-0.2, -0.15) is 0 Å². The fourth-order valence-electron chi connectivity index (χ4n) is 2.66. The number of amides is 1. The van der Waals surface area contributed by atoms with Crippen molar-refractivity contribution in [2.24, 2.45) is 5.92 Å². The molecule has 1 fully saturated rings. The van der Waals surface area contributed by atoms with Gasteiger partial charge in [-0.05, 0) is 17.7 Å². The molecule has 2 aromatic rings. The number of benzene rings is 1. The van der Waals surface area contributed by atoms with Gasteiger partial charge >= 0.3 is 0 Å². The molecule has 1 aromatic heterocycles. The van der Waals surface area contributed by atoms with Crippen LogP contribution in [0, 0.1) is 5.92 Å². The van der Waals surface area contributed by atoms with Crippen LogP contribution in [0.25, 0.3) is 0 Å². The molecule has 2 N–H and O–H groups in total. The van der Waals surface area contributed by atoms with Crippen LogP contribution in [-0.4, -0.2) is 24.0 Å². The second-order valence-electron chi connectivity index (χ2n) is 4.99. The van der Waals surface area contributed by atoms with E-state index in [2.05, 4.69) is 27.8 Å². The molecule has 1 aliphatic rings. The van der Waals surface area contributed by atoms with Gasteiger partial charge in [-0.15, -0.1) is 0 Å². The maximum atomic E-state index is 12.4. The Morgan fingerprint density at radius 2 is 1.90 bits per heavy atom. The summed E-state index contributed by atoms with van der Waals surface area (Å²) >= 11 is 0. The van der Waals surface area contributed by atoms with Crippen molar-refractivity contribution >= 4 is 11.7 Å². The molecular formula is C16H17N3O. The number of nitrogens with one attached hydrogen (secondary N) is 2. The van der Waals surface area contributed by atoms with Crippen molar-refractivity contribution in [2.45, 2.75) is 5.92 Å². The van der Waals surface area contributed by atoms with E-state index in [4.69, 9.17) is 0 Å². The van der Waals surface area contributed by atoms with E-state index in [0.29, 0.717) is 12.4 Å². The van der Waals surface area contributed by atoms with Gasteiger partial charge in [0.05, 0.1) is 5.92 Å². The monoisotopic (exact) mass is 267 g/mol. The average Bonchev–Trinajstić information content (AvgIpc) is 2.99. The lowest BCUT2D eigenvalue weighted by Crippen LogP contribution is -2.28. The molecule has 1 saturated heterocycles. The van der Waals surface area contributed by atoms with Gasteiger partial charge in [0.15, 0.2) is 0 Å². The third kappa shape index (κ3) is 2.70. The van der Waals surface area contributed by atoms with Crippen LogP contribution in [0.4, 0.5) is 5.82 Å². The molecule has 1 aliphatic heterocycles. The first-order valence-corrected chi connectivity index (χ1v) is 6.82. The number of rotatable bonds is 3. The fraction of sp³-hybridized carbons (Fsp3) is 0.250. The van der Waals surface area contributed by atoms with Crippen LogP contribution in [0.2, 0.25) is 0 Å². The number of nitrogens with zero attached hydrogens (tertiary/aromatic N) is 1. The maximum Gasteiger partial charge on any atom is 0.230 e. The number of carbonyl (C=O) groups is 1. The molecule has 2 heterocycles. The predicted octanol–water partition coefficient (Wildman–Crippen LogP) is 2.02. The molecule has 2 atom stereocenters. The number of hydrogen-bond acceptors (Lipinski definition) is 3. The molecular weight excluding hydrogens is 250 g/mol. The number of pyridine rings is 1. The van der Waals surface area contributed by atoms with Crippen molar-refractivity contribution < 1.29 is 4.79 Å². The molecule has 0 saturated carbocycles. The molecule has 4 heteroatoms. The van der Waals surface area contributed by atoms with E-state index >= 15 is 0 Å². The summed E-state index contributed by atoms with van der Waals surface area (Å²) in [6.45, 7) is 1.54. The van der Waals surface area contributed by atoms with Crippen molar-refractivity contribution in [2.75, 3.05) is 18.4 Å². The van der Waals surface area contributed by atoms with E-state index in [-0.39, 0.29) is 17.7 Å². The molecule has 0 unspecified atom stereocenters.